The smallest absolute Gasteiger partial charge is 0.233 e. The number of hydrogen-bond donors (Lipinski definition) is 0. The Kier molecular flexibility index (Phi) is 6.49. The average Bonchev–Trinajstić information content (AvgIpc) is 2.69. The molecule has 0 radical (unpaired) electrons. The van der Waals surface area contributed by atoms with Gasteiger partial charge in [-0.05, 0) is 48.9 Å². The van der Waals surface area contributed by atoms with E-state index in [0.717, 1.165) is 42.3 Å². The molecule has 1 fully saturated rings. The summed E-state index contributed by atoms with van der Waals surface area (Å²) in [6.45, 7) is 2.05. The van der Waals surface area contributed by atoms with Crippen molar-refractivity contribution in [3.05, 3.63) is 70.2 Å². The van der Waals surface area contributed by atoms with Gasteiger partial charge in [0.1, 0.15) is 0 Å². The van der Waals surface area contributed by atoms with Gasteiger partial charge in [-0.2, -0.15) is 0 Å². The highest BCUT2D eigenvalue weighted by Crippen LogP contribution is 2.37. The molecule has 0 unspecified atom stereocenters. The molecule has 3 nitrogen and oxygen atoms in total. The minimum absolute atomic E-state index is 0.219. The number of carbonyl (C=O) groups is 1. The summed E-state index contributed by atoms with van der Waals surface area (Å²) in [4.78, 5) is 15.3. The monoisotopic (exact) mass is 415 g/mol. The Labute approximate surface area is 164 Å². The number of ether oxygens (including phenoxy) is 1. The number of carbonyl (C=O) groups excluding carboxylic acids is 1. The summed E-state index contributed by atoms with van der Waals surface area (Å²) in [5.74, 6) is 0.219. The van der Waals surface area contributed by atoms with Crippen molar-refractivity contribution in [2.24, 2.45) is 0 Å². The fourth-order valence-electron chi connectivity index (χ4n) is 3.75. The molecule has 1 heterocycles. The Morgan fingerprint density at radius 1 is 1.08 bits per heavy atom. The molecule has 138 valence electrons. The zero-order chi connectivity index (χ0) is 18.4. The molecular weight excluding hydrogens is 390 g/mol. The van der Waals surface area contributed by atoms with Gasteiger partial charge in [0.05, 0.1) is 5.41 Å². The normalized spacial score (nSPS) is 16.2. The molecule has 0 bridgehead atoms. The van der Waals surface area contributed by atoms with Crippen LogP contribution in [0.5, 0.6) is 0 Å². The summed E-state index contributed by atoms with van der Waals surface area (Å²) in [7, 11) is 1.93. The molecule has 0 aliphatic carbocycles. The fourth-order valence-corrected chi connectivity index (χ4v) is 4.01. The van der Waals surface area contributed by atoms with Gasteiger partial charge in [0.15, 0.2) is 0 Å². The maximum atomic E-state index is 13.4. The first-order valence-electron chi connectivity index (χ1n) is 9.25. The summed E-state index contributed by atoms with van der Waals surface area (Å²) < 4.78 is 6.59. The van der Waals surface area contributed by atoms with Crippen molar-refractivity contribution in [2.45, 2.75) is 31.1 Å². The van der Waals surface area contributed by atoms with E-state index in [1.807, 2.05) is 30.1 Å². The van der Waals surface area contributed by atoms with Crippen molar-refractivity contribution in [3.63, 3.8) is 0 Å². The molecule has 2 aromatic carbocycles. The topological polar surface area (TPSA) is 29.5 Å². The predicted octanol–water partition coefficient (Wildman–Crippen LogP) is 4.59. The third-order valence-corrected chi connectivity index (χ3v) is 5.83. The van der Waals surface area contributed by atoms with Gasteiger partial charge < -0.3 is 9.64 Å². The van der Waals surface area contributed by atoms with Gasteiger partial charge in [0, 0.05) is 31.3 Å². The third kappa shape index (κ3) is 4.36. The van der Waals surface area contributed by atoms with Crippen molar-refractivity contribution >= 4 is 21.8 Å². The molecule has 1 saturated heterocycles. The lowest BCUT2D eigenvalue weighted by atomic mass is 9.73. The van der Waals surface area contributed by atoms with E-state index in [-0.39, 0.29) is 5.91 Å². The Bertz CT molecular complexity index is 709. The van der Waals surface area contributed by atoms with Crippen molar-refractivity contribution in [2.75, 3.05) is 26.8 Å². The van der Waals surface area contributed by atoms with Gasteiger partial charge in [-0.1, -0.05) is 58.4 Å². The van der Waals surface area contributed by atoms with Crippen molar-refractivity contribution < 1.29 is 9.53 Å². The van der Waals surface area contributed by atoms with Gasteiger partial charge in [-0.25, -0.2) is 0 Å². The molecule has 4 heteroatoms. The van der Waals surface area contributed by atoms with Crippen LogP contribution in [0.2, 0.25) is 0 Å². The molecule has 0 spiro atoms. The molecule has 1 amide bonds. The molecular formula is C22H26BrNO2. The van der Waals surface area contributed by atoms with E-state index in [9.17, 15) is 4.79 Å². The summed E-state index contributed by atoms with van der Waals surface area (Å²) in [6, 6.07) is 18.6. The molecule has 0 aromatic heterocycles. The number of amides is 1. The molecule has 0 N–H and O–H groups in total. The lowest BCUT2D eigenvalue weighted by molar-refractivity contribution is -0.140. The SMILES string of the molecule is CN(CCCc1ccccc1)C(=O)C1(c2ccc(Br)cc2)CCOCC1. The first-order chi connectivity index (χ1) is 12.6. The molecule has 1 aliphatic heterocycles. The number of benzene rings is 2. The molecule has 0 atom stereocenters. The van der Waals surface area contributed by atoms with Gasteiger partial charge in [0.25, 0.3) is 0 Å². The maximum absolute atomic E-state index is 13.4. The van der Waals surface area contributed by atoms with Crippen LogP contribution >= 0.6 is 15.9 Å². The molecule has 0 saturated carbocycles. The van der Waals surface area contributed by atoms with Crippen molar-refractivity contribution in [1.29, 1.82) is 0 Å². The minimum Gasteiger partial charge on any atom is -0.381 e. The number of likely N-dealkylation sites (N-methyl/N-ethyl adjacent to an activating group) is 1. The summed E-state index contributed by atoms with van der Waals surface area (Å²) in [5, 5.41) is 0. The van der Waals surface area contributed by atoms with E-state index in [1.54, 1.807) is 0 Å². The van der Waals surface area contributed by atoms with Crippen LogP contribution in [-0.4, -0.2) is 37.6 Å². The minimum atomic E-state index is -0.458. The van der Waals surface area contributed by atoms with Gasteiger partial charge in [-0.3, -0.25) is 4.79 Å². The fraction of sp³-hybridized carbons (Fsp3) is 0.409. The highest BCUT2D eigenvalue weighted by atomic mass is 79.9. The molecule has 3 rings (SSSR count). The molecule has 1 aliphatic rings. The lowest BCUT2D eigenvalue weighted by Gasteiger charge is -2.39. The standard InChI is InChI=1S/C22H26BrNO2/c1-24(15-5-8-18-6-3-2-4-7-18)21(25)22(13-16-26-17-14-22)19-9-11-20(23)12-10-19/h2-4,6-7,9-12H,5,8,13-17H2,1H3. The van der Waals surface area contributed by atoms with Crippen LogP contribution in [0.25, 0.3) is 0 Å². The first-order valence-corrected chi connectivity index (χ1v) is 10.0. The van der Waals surface area contributed by atoms with Crippen molar-refractivity contribution in [3.8, 4) is 0 Å². The highest BCUT2D eigenvalue weighted by molar-refractivity contribution is 9.10. The van der Waals surface area contributed by atoms with E-state index < -0.39 is 5.41 Å². The number of hydrogen-bond acceptors (Lipinski definition) is 2. The van der Waals surface area contributed by atoms with Gasteiger partial charge in [0.2, 0.25) is 5.91 Å². The Hall–Kier alpha value is -1.65. The van der Waals surface area contributed by atoms with Crippen LogP contribution in [0.15, 0.2) is 59.1 Å². The van der Waals surface area contributed by atoms with Crippen LogP contribution in [-0.2, 0) is 21.4 Å². The van der Waals surface area contributed by atoms with Gasteiger partial charge >= 0.3 is 0 Å². The zero-order valence-corrected chi connectivity index (χ0v) is 16.9. The molecule has 2 aromatic rings. The lowest BCUT2D eigenvalue weighted by Crippen LogP contribution is -2.49. The van der Waals surface area contributed by atoms with E-state index in [0.29, 0.717) is 13.2 Å². The molecule has 26 heavy (non-hydrogen) atoms. The Morgan fingerprint density at radius 2 is 1.73 bits per heavy atom. The number of halogens is 1. The van der Waals surface area contributed by atoms with Gasteiger partial charge in [-0.15, -0.1) is 0 Å². The zero-order valence-electron chi connectivity index (χ0n) is 15.3. The summed E-state index contributed by atoms with van der Waals surface area (Å²) >= 11 is 3.49. The summed E-state index contributed by atoms with van der Waals surface area (Å²) in [6.07, 6.45) is 3.46. The highest BCUT2D eigenvalue weighted by Gasteiger charge is 2.43. The van der Waals surface area contributed by atoms with Crippen LogP contribution in [0.3, 0.4) is 0 Å². The first kappa shape index (κ1) is 19.1. The van der Waals surface area contributed by atoms with Crippen LogP contribution in [0, 0.1) is 0 Å². The Balaban J connectivity index is 1.69. The number of nitrogens with zero attached hydrogens (tertiary/aromatic N) is 1. The number of aryl methyl sites for hydroxylation is 1. The van der Waals surface area contributed by atoms with Crippen LogP contribution < -0.4 is 0 Å². The van der Waals surface area contributed by atoms with E-state index in [2.05, 4.69) is 52.3 Å². The second-order valence-corrected chi connectivity index (χ2v) is 7.93. The van der Waals surface area contributed by atoms with E-state index >= 15 is 0 Å². The second-order valence-electron chi connectivity index (χ2n) is 7.02. The van der Waals surface area contributed by atoms with E-state index in [1.165, 1.54) is 5.56 Å². The second kappa shape index (κ2) is 8.83. The number of rotatable bonds is 6. The summed E-state index contributed by atoms with van der Waals surface area (Å²) in [5.41, 5.74) is 1.96. The van der Waals surface area contributed by atoms with E-state index in [4.69, 9.17) is 4.74 Å². The largest absolute Gasteiger partial charge is 0.381 e. The average molecular weight is 416 g/mol. The third-order valence-electron chi connectivity index (χ3n) is 5.30. The maximum Gasteiger partial charge on any atom is 0.233 e. The Morgan fingerprint density at radius 3 is 2.38 bits per heavy atom. The van der Waals surface area contributed by atoms with Crippen LogP contribution in [0.4, 0.5) is 0 Å². The quantitative estimate of drug-likeness (QED) is 0.690. The van der Waals surface area contributed by atoms with Crippen molar-refractivity contribution in [1.82, 2.24) is 4.90 Å². The van der Waals surface area contributed by atoms with Crippen LogP contribution in [0.1, 0.15) is 30.4 Å². The predicted molar refractivity (Wildman–Crippen MR) is 108 cm³/mol.